The van der Waals surface area contributed by atoms with E-state index in [9.17, 15) is 0 Å². The van der Waals surface area contributed by atoms with Crippen molar-refractivity contribution in [3.63, 3.8) is 0 Å². The summed E-state index contributed by atoms with van der Waals surface area (Å²) in [4.78, 5) is 0. The second-order valence-electron chi connectivity index (χ2n) is 8.73. The monoisotopic (exact) mass is 278 g/mol. The third-order valence-electron chi connectivity index (χ3n) is 6.95. The highest BCUT2D eigenvalue weighted by Gasteiger charge is 2.77. The van der Waals surface area contributed by atoms with Crippen molar-refractivity contribution in [3.05, 3.63) is 0 Å². The van der Waals surface area contributed by atoms with Gasteiger partial charge in [-0.25, -0.2) is 0 Å². The number of rotatable bonds is 2. The Bertz CT molecular complexity index is 390. The first-order valence-corrected chi connectivity index (χ1v) is 8.22. The summed E-state index contributed by atoms with van der Waals surface area (Å²) >= 11 is 0. The van der Waals surface area contributed by atoms with Gasteiger partial charge >= 0.3 is 7.12 Å². The van der Waals surface area contributed by atoms with Gasteiger partial charge in [0.15, 0.2) is 0 Å². The molecule has 2 bridgehead atoms. The van der Waals surface area contributed by atoms with Gasteiger partial charge < -0.3 is 14.0 Å². The van der Waals surface area contributed by atoms with Crippen LogP contribution in [0.5, 0.6) is 0 Å². The standard InChI is InChI=1S/C16H27BO3/c1-13(2)14(3,4)20-17(19-13)16-9-15(10-16,11-16)12-5-7-18-8-6-12/h12H,5-11H2,1-4H3. The molecule has 0 radical (unpaired) electrons. The number of ether oxygens (including phenoxy) is 1. The van der Waals surface area contributed by atoms with Gasteiger partial charge in [0.2, 0.25) is 0 Å². The van der Waals surface area contributed by atoms with Gasteiger partial charge in [-0.1, -0.05) is 0 Å². The molecule has 112 valence electrons. The predicted octanol–water partition coefficient (Wildman–Crippen LogP) is 3.43. The molecule has 20 heavy (non-hydrogen) atoms. The SMILES string of the molecule is CC1(C)OB(C23CC(C4CCOCC4)(C2)C3)OC1(C)C. The highest BCUT2D eigenvalue weighted by Crippen LogP contribution is 2.83. The molecule has 3 nitrogen and oxygen atoms in total. The van der Waals surface area contributed by atoms with Gasteiger partial charge in [0.1, 0.15) is 0 Å². The largest absolute Gasteiger partial charge is 0.464 e. The van der Waals surface area contributed by atoms with E-state index in [4.69, 9.17) is 14.0 Å². The Hall–Kier alpha value is -0.0551. The summed E-state index contributed by atoms with van der Waals surface area (Å²) in [6, 6.07) is 0. The van der Waals surface area contributed by atoms with Crippen LogP contribution in [0.3, 0.4) is 0 Å². The lowest BCUT2D eigenvalue weighted by atomic mass is 9.22. The molecule has 0 N–H and O–H groups in total. The zero-order chi connectivity index (χ0) is 14.2. The van der Waals surface area contributed by atoms with E-state index in [2.05, 4.69) is 27.7 Å². The summed E-state index contributed by atoms with van der Waals surface area (Å²) in [5, 5.41) is 0.337. The molecule has 2 heterocycles. The molecule has 0 atom stereocenters. The highest BCUT2D eigenvalue weighted by molar-refractivity contribution is 6.51. The van der Waals surface area contributed by atoms with Crippen LogP contribution in [0, 0.1) is 11.3 Å². The van der Waals surface area contributed by atoms with Gasteiger partial charge in [-0.15, -0.1) is 0 Å². The molecule has 0 aromatic carbocycles. The van der Waals surface area contributed by atoms with E-state index < -0.39 is 0 Å². The van der Waals surface area contributed by atoms with Crippen LogP contribution in [0.15, 0.2) is 0 Å². The minimum atomic E-state index is -0.182. The fraction of sp³-hybridized carbons (Fsp3) is 1.00. The molecule has 0 amide bonds. The normalized spacial score (nSPS) is 45.9. The van der Waals surface area contributed by atoms with Crippen molar-refractivity contribution in [2.24, 2.45) is 11.3 Å². The Morgan fingerprint density at radius 2 is 1.35 bits per heavy atom. The van der Waals surface area contributed by atoms with Crippen LogP contribution >= 0.6 is 0 Å². The summed E-state index contributed by atoms with van der Waals surface area (Å²) < 4.78 is 18.1. The maximum Gasteiger partial charge on any atom is 0.464 e. The van der Waals surface area contributed by atoms with E-state index in [1.165, 1.54) is 32.1 Å². The summed E-state index contributed by atoms with van der Waals surface area (Å²) in [5.41, 5.74) is 0.255. The van der Waals surface area contributed by atoms with E-state index >= 15 is 0 Å². The van der Waals surface area contributed by atoms with Gasteiger partial charge in [0.05, 0.1) is 11.2 Å². The van der Waals surface area contributed by atoms with E-state index in [-0.39, 0.29) is 18.3 Å². The Kier molecular flexibility index (Phi) is 2.60. The highest BCUT2D eigenvalue weighted by atomic mass is 16.7. The fourth-order valence-corrected chi connectivity index (χ4v) is 5.03. The van der Waals surface area contributed by atoms with Gasteiger partial charge in [-0.05, 0) is 71.1 Å². The molecule has 5 rings (SSSR count). The minimum absolute atomic E-state index is 0.0224. The molecule has 5 fully saturated rings. The van der Waals surface area contributed by atoms with Gasteiger partial charge in [-0.3, -0.25) is 0 Å². The summed E-state index contributed by atoms with van der Waals surface area (Å²) in [7, 11) is 0.0224. The smallest absolute Gasteiger partial charge is 0.403 e. The van der Waals surface area contributed by atoms with Crippen LogP contribution in [0.2, 0.25) is 5.31 Å². The summed E-state index contributed by atoms with van der Waals surface area (Å²) in [6.45, 7) is 10.6. The topological polar surface area (TPSA) is 27.7 Å². The zero-order valence-corrected chi connectivity index (χ0v) is 13.3. The lowest BCUT2D eigenvalue weighted by Crippen LogP contribution is -2.67. The second kappa shape index (κ2) is 3.82. The average molecular weight is 278 g/mol. The maximum absolute atomic E-state index is 6.29. The molecule has 0 spiro atoms. The Balaban J connectivity index is 1.43. The average Bonchev–Trinajstić information content (AvgIpc) is 2.45. The first-order chi connectivity index (χ1) is 9.29. The van der Waals surface area contributed by atoms with E-state index in [0.717, 1.165) is 19.1 Å². The van der Waals surface area contributed by atoms with Crippen LogP contribution in [0.4, 0.5) is 0 Å². The van der Waals surface area contributed by atoms with Crippen LogP contribution < -0.4 is 0 Å². The van der Waals surface area contributed by atoms with Gasteiger partial charge in [0, 0.05) is 18.5 Å². The Labute approximate surface area is 122 Å². The van der Waals surface area contributed by atoms with E-state index in [1.807, 2.05) is 0 Å². The lowest BCUT2D eigenvalue weighted by molar-refractivity contribution is -0.172. The van der Waals surface area contributed by atoms with E-state index in [0.29, 0.717) is 10.7 Å². The minimum Gasteiger partial charge on any atom is -0.403 e. The van der Waals surface area contributed by atoms with Gasteiger partial charge in [0.25, 0.3) is 0 Å². The number of hydrogen-bond donors (Lipinski definition) is 0. The molecule has 4 heteroatoms. The third-order valence-corrected chi connectivity index (χ3v) is 6.95. The molecule has 3 saturated carbocycles. The Morgan fingerprint density at radius 1 is 0.850 bits per heavy atom. The quantitative estimate of drug-likeness (QED) is 0.724. The Morgan fingerprint density at radius 3 is 1.85 bits per heavy atom. The molecule has 0 aromatic heterocycles. The van der Waals surface area contributed by atoms with Crippen molar-refractivity contribution in [1.29, 1.82) is 0 Å². The first kappa shape index (κ1) is 13.6. The lowest BCUT2D eigenvalue weighted by Gasteiger charge is -2.74. The van der Waals surface area contributed by atoms with Crippen LogP contribution in [-0.2, 0) is 14.0 Å². The molecule has 0 aromatic rings. The second-order valence-corrected chi connectivity index (χ2v) is 8.73. The zero-order valence-electron chi connectivity index (χ0n) is 13.3. The van der Waals surface area contributed by atoms with Gasteiger partial charge in [-0.2, -0.15) is 0 Å². The molecular formula is C16H27BO3. The fourth-order valence-electron chi connectivity index (χ4n) is 5.03. The molecule has 2 saturated heterocycles. The van der Waals surface area contributed by atoms with Crippen molar-refractivity contribution >= 4 is 7.12 Å². The molecule has 2 aliphatic heterocycles. The predicted molar refractivity (Wildman–Crippen MR) is 78.6 cm³/mol. The molecule has 5 aliphatic rings. The van der Waals surface area contributed by atoms with Crippen LogP contribution in [0.25, 0.3) is 0 Å². The van der Waals surface area contributed by atoms with Crippen molar-refractivity contribution in [2.75, 3.05) is 13.2 Å². The summed E-state index contributed by atoms with van der Waals surface area (Å²) in [5.74, 6) is 0.889. The first-order valence-electron chi connectivity index (χ1n) is 8.22. The van der Waals surface area contributed by atoms with Crippen LogP contribution in [-0.4, -0.2) is 31.5 Å². The molecule has 3 aliphatic carbocycles. The molecule has 0 unspecified atom stereocenters. The van der Waals surface area contributed by atoms with Crippen molar-refractivity contribution in [2.45, 2.75) is 76.3 Å². The van der Waals surface area contributed by atoms with E-state index in [1.54, 1.807) is 0 Å². The molecular weight excluding hydrogens is 251 g/mol. The maximum atomic E-state index is 6.29. The van der Waals surface area contributed by atoms with Crippen LogP contribution in [0.1, 0.15) is 59.8 Å². The third kappa shape index (κ3) is 1.59. The van der Waals surface area contributed by atoms with Crippen molar-refractivity contribution < 1.29 is 14.0 Å². The number of hydrogen-bond acceptors (Lipinski definition) is 3. The van der Waals surface area contributed by atoms with Crippen molar-refractivity contribution in [3.8, 4) is 0 Å². The summed E-state index contributed by atoms with van der Waals surface area (Å²) in [6.07, 6.45) is 6.49. The van der Waals surface area contributed by atoms with Crippen molar-refractivity contribution in [1.82, 2.24) is 0 Å².